The van der Waals surface area contributed by atoms with Crippen LogP contribution in [-0.2, 0) is 0 Å². The maximum absolute atomic E-state index is 4.26. The zero-order chi connectivity index (χ0) is 10.8. The molecule has 0 aliphatic rings. The first kappa shape index (κ1) is 9.77. The predicted octanol–water partition coefficient (Wildman–Crippen LogP) is 2.53. The van der Waals surface area contributed by atoms with E-state index in [0.29, 0.717) is 0 Å². The van der Waals surface area contributed by atoms with Crippen molar-refractivity contribution in [2.24, 2.45) is 0 Å². The quantitative estimate of drug-likeness (QED) is 0.809. The van der Waals surface area contributed by atoms with Crippen molar-refractivity contribution in [2.45, 2.75) is 13.8 Å². The van der Waals surface area contributed by atoms with Gasteiger partial charge in [0.2, 0.25) is 0 Å². The fraction of sp³-hybridized carbons (Fsp3) is 0.250. The lowest BCUT2D eigenvalue weighted by atomic mass is 10.1. The molecule has 0 fully saturated rings. The zero-order valence-corrected chi connectivity index (χ0v) is 9.28. The van der Waals surface area contributed by atoms with Crippen LogP contribution < -0.4 is 5.32 Å². The van der Waals surface area contributed by atoms with Crippen molar-refractivity contribution in [1.29, 1.82) is 0 Å². The van der Waals surface area contributed by atoms with Gasteiger partial charge in [-0.05, 0) is 43.2 Å². The van der Waals surface area contributed by atoms with Crippen LogP contribution in [0.3, 0.4) is 0 Å². The molecule has 0 atom stereocenters. The van der Waals surface area contributed by atoms with E-state index in [2.05, 4.69) is 36.4 Å². The van der Waals surface area contributed by atoms with Gasteiger partial charge in [-0.2, -0.15) is 5.10 Å². The van der Waals surface area contributed by atoms with Crippen molar-refractivity contribution >= 4 is 5.69 Å². The number of benzene rings is 1. The summed E-state index contributed by atoms with van der Waals surface area (Å²) in [4.78, 5) is 0. The molecule has 0 unspecified atom stereocenters. The molecule has 0 saturated heterocycles. The Balaban J connectivity index is 2.58. The third-order valence-electron chi connectivity index (χ3n) is 2.51. The number of nitrogens with zero attached hydrogens (tertiary/aromatic N) is 2. The maximum atomic E-state index is 4.26. The first-order valence-electron chi connectivity index (χ1n) is 5.01. The smallest absolute Gasteiger partial charge is 0.0705 e. The van der Waals surface area contributed by atoms with Crippen LogP contribution in [0.2, 0.25) is 0 Å². The number of anilines is 1. The molecule has 1 N–H and O–H groups in total. The van der Waals surface area contributed by atoms with E-state index < -0.39 is 0 Å². The van der Waals surface area contributed by atoms with Gasteiger partial charge < -0.3 is 5.32 Å². The van der Waals surface area contributed by atoms with Gasteiger partial charge in [-0.3, -0.25) is 0 Å². The highest BCUT2D eigenvalue weighted by Gasteiger charge is 2.06. The Bertz CT molecular complexity index is 435. The molecule has 0 aliphatic heterocycles. The maximum Gasteiger partial charge on any atom is 0.0705 e. The van der Waals surface area contributed by atoms with Crippen LogP contribution in [0, 0.1) is 13.8 Å². The van der Waals surface area contributed by atoms with E-state index >= 15 is 0 Å². The lowest BCUT2D eigenvalue weighted by Gasteiger charge is -2.12. The molecule has 1 heterocycles. The summed E-state index contributed by atoms with van der Waals surface area (Å²) < 4.78 is 1.91. The molecular formula is C12H15N3. The van der Waals surface area contributed by atoms with Crippen LogP contribution in [0.15, 0.2) is 30.6 Å². The summed E-state index contributed by atoms with van der Waals surface area (Å²) in [6.07, 6.45) is 3.76. The van der Waals surface area contributed by atoms with Gasteiger partial charge in [0.15, 0.2) is 0 Å². The second-order valence-electron chi connectivity index (χ2n) is 3.66. The molecule has 0 radical (unpaired) electrons. The average Bonchev–Trinajstić information content (AvgIpc) is 2.69. The van der Waals surface area contributed by atoms with Gasteiger partial charge in [-0.25, -0.2) is 4.68 Å². The average molecular weight is 201 g/mol. The second-order valence-corrected chi connectivity index (χ2v) is 3.66. The Morgan fingerprint density at radius 1 is 1.20 bits per heavy atom. The minimum absolute atomic E-state index is 1.14. The highest BCUT2D eigenvalue weighted by Crippen LogP contribution is 2.22. The molecule has 2 aromatic rings. The van der Waals surface area contributed by atoms with Crippen LogP contribution in [0.5, 0.6) is 0 Å². The van der Waals surface area contributed by atoms with Crippen molar-refractivity contribution in [1.82, 2.24) is 9.78 Å². The molecule has 3 nitrogen and oxygen atoms in total. The van der Waals surface area contributed by atoms with Crippen LogP contribution in [0.25, 0.3) is 5.69 Å². The summed E-state index contributed by atoms with van der Waals surface area (Å²) >= 11 is 0. The van der Waals surface area contributed by atoms with Gasteiger partial charge in [-0.15, -0.1) is 0 Å². The van der Waals surface area contributed by atoms with E-state index in [1.165, 1.54) is 16.8 Å². The van der Waals surface area contributed by atoms with E-state index in [-0.39, 0.29) is 0 Å². The number of hydrogen-bond donors (Lipinski definition) is 1. The Labute approximate surface area is 89.7 Å². The van der Waals surface area contributed by atoms with Gasteiger partial charge in [0.1, 0.15) is 0 Å². The summed E-state index contributed by atoms with van der Waals surface area (Å²) in [6.45, 7) is 4.20. The fourth-order valence-electron chi connectivity index (χ4n) is 1.86. The summed E-state index contributed by atoms with van der Waals surface area (Å²) in [6, 6.07) is 6.19. The topological polar surface area (TPSA) is 29.9 Å². The van der Waals surface area contributed by atoms with Gasteiger partial charge in [0, 0.05) is 25.1 Å². The molecular weight excluding hydrogens is 186 g/mol. The third kappa shape index (κ3) is 1.73. The Kier molecular flexibility index (Phi) is 2.46. The second kappa shape index (κ2) is 3.77. The van der Waals surface area contributed by atoms with Gasteiger partial charge >= 0.3 is 0 Å². The summed E-state index contributed by atoms with van der Waals surface area (Å²) in [5.74, 6) is 0. The van der Waals surface area contributed by atoms with Crippen LogP contribution >= 0.6 is 0 Å². The monoisotopic (exact) mass is 201 g/mol. The number of hydrogen-bond acceptors (Lipinski definition) is 2. The number of rotatable bonds is 2. The Morgan fingerprint density at radius 2 is 1.87 bits per heavy atom. The predicted molar refractivity (Wildman–Crippen MR) is 62.6 cm³/mol. The normalized spacial score (nSPS) is 10.3. The van der Waals surface area contributed by atoms with Crippen molar-refractivity contribution in [3.63, 3.8) is 0 Å². The molecule has 2 rings (SSSR count). The summed E-state index contributed by atoms with van der Waals surface area (Å²) in [5.41, 5.74) is 4.76. The van der Waals surface area contributed by atoms with Crippen molar-refractivity contribution in [3.05, 3.63) is 41.7 Å². The van der Waals surface area contributed by atoms with E-state index in [9.17, 15) is 0 Å². The molecule has 0 amide bonds. The lowest BCUT2D eigenvalue weighted by Crippen LogP contribution is -2.02. The highest BCUT2D eigenvalue weighted by atomic mass is 15.3. The van der Waals surface area contributed by atoms with E-state index in [1.54, 1.807) is 6.20 Å². The fourth-order valence-corrected chi connectivity index (χ4v) is 1.86. The minimum atomic E-state index is 1.14. The Morgan fingerprint density at radius 3 is 2.33 bits per heavy atom. The molecule has 0 spiro atoms. The third-order valence-corrected chi connectivity index (χ3v) is 2.51. The molecule has 0 saturated carbocycles. The first-order chi connectivity index (χ1) is 7.22. The van der Waals surface area contributed by atoms with Gasteiger partial charge in [0.05, 0.1) is 5.69 Å². The van der Waals surface area contributed by atoms with E-state index in [4.69, 9.17) is 0 Å². The molecule has 15 heavy (non-hydrogen) atoms. The van der Waals surface area contributed by atoms with Crippen molar-refractivity contribution in [2.75, 3.05) is 12.4 Å². The summed E-state index contributed by atoms with van der Waals surface area (Å²) in [5, 5.41) is 7.41. The molecule has 0 aliphatic carbocycles. The number of aryl methyl sites for hydroxylation is 2. The SMILES string of the molecule is CNc1cc(C)c(-n2cccn2)c(C)c1. The number of aromatic nitrogens is 2. The molecule has 0 bridgehead atoms. The molecule has 3 heteroatoms. The molecule has 1 aromatic heterocycles. The number of nitrogens with one attached hydrogen (secondary N) is 1. The first-order valence-corrected chi connectivity index (χ1v) is 5.01. The van der Waals surface area contributed by atoms with Gasteiger partial charge in [-0.1, -0.05) is 0 Å². The van der Waals surface area contributed by atoms with Crippen LogP contribution in [0.1, 0.15) is 11.1 Å². The highest BCUT2D eigenvalue weighted by molar-refractivity contribution is 5.57. The largest absolute Gasteiger partial charge is 0.388 e. The van der Waals surface area contributed by atoms with E-state index in [1.807, 2.05) is 24.0 Å². The van der Waals surface area contributed by atoms with E-state index in [0.717, 1.165) is 5.69 Å². The lowest BCUT2D eigenvalue weighted by molar-refractivity contribution is 0.865. The van der Waals surface area contributed by atoms with Crippen molar-refractivity contribution in [3.8, 4) is 5.69 Å². The van der Waals surface area contributed by atoms with Crippen molar-refractivity contribution < 1.29 is 0 Å². The Hall–Kier alpha value is -1.77. The van der Waals surface area contributed by atoms with Crippen LogP contribution in [0.4, 0.5) is 5.69 Å². The van der Waals surface area contributed by atoms with Gasteiger partial charge in [0.25, 0.3) is 0 Å². The minimum Gasteiger partial charge on any atom is -0.388 e. The van der Waals surface area contributed by atoms with Crippen LogP contribution in [-0.4, -0.2) is 16.8 Å². The summed E-state index contributed by atoms with van der Waals surface area (Å²) in [7, 11) is 1.93. The zero-order valence-electron chi connectivity index (χ0n) is 9.28. The standard InChI is InChI=1S/C12H15N3/c1-9-7-11(13-3)8-10(2)12(9)15-6-4-5-14-15/h4-8,13H,1-3H3. The molecule has 1 aromatic carbocycles. The molecule has 78 valence electrons.